The van der Waals surface area contributed by atoms with Crippen LogP contribution < -0.4 is 0 Å². The molecule has 0 amide bonds. The highest BCUT2D eigenvalue weighted by Gasteiger charge is 2.10. The van der Waals surface area contributed by atoms with Crippen molar-refractivity contribution in [2.75, 3.05) is 0 Å². The Morgan fingerprint density at radius 1 is 1.60 bits per heavy atom. The van der Waals surface area contributed by atoms with Crippen LogP contribution in [0.2, 0.25) is 0 Å². The summed E-state index contributed by atoms with van der Waals surface area (Å²) >= 11 is 1.73. The van der Waals surface area contributed by atoms with E-state index in [1.54, 1.807) is 17.7 Å². The van der Waals surface area contributed by atoms with Crippen LogP contribution in [0.5, 0.6) is 0 Å². The molecule has 80 valence electrons. The van der Waals surface area contributed by atoms with Crippen LogP contribution in [0.4, 0.5) is 0 Å². The zero-order valence-corrected chi connectivity index (χ0v) is 9.44. The molecule has 0 aromatic carbocycles. The maximum Gasteiger partial charge on any atom is 0.0978 e. The number of imidazole rings is 1. The third-order valence-electron chi connectivity index (χ3n) is 2.31. The van der Waals surface area contributed by atoms with E-state index in [2.05, 4.69) is 16.4 Å². The molecule has 1 N–H and O–H groups in total. The van der Waals surface area contributed by atoms with Gasteiger partial charge < -0.3 is 9.67 Å². The number of aromatic nitrogens is 2. The van der Waals surface area contributed by atoms with Crippen molar-refractivity contribution in [3.05, 3.63) is 40.6 Å². The van der Waals surface area contributed by atoms with Gasteiger partial charge in [0.05, 0.1) is 18.1 Å². The average molecular weight is 222 g/mol. The van der Waals surface area contributed by atoms with Gasteiger partial charge in [0, 0.05) is 18.1 Å². The SMILES string of the molecule is Cn1cnc(C(O)CCc2cccs2)c1. The number of hydrogen-bond donors (Lipinski definition) is 1. The van der Waals surface area contributed by atoms with Crippen LogP contribution in [0.3, 0.4) is 0 Å². The molecule has 0 saturated heterocycles. The quantitative estimate of drug-likeness (QED) is 0.860. The molecule has 2 aromatic heterocycles. The first-order valence-corrected chi connectivity index (χ1v) is 5.82. The van der Waals surface area contributed by atoms with Crippen LogP contribution in [0, 0.1) is 0 Å². The van der Waals surface area contributed by atoms with E-state index in [-0.39, 0.29) is 0 Å². The summed E-state index contributed by atoms with van der Waals surface area (Å²) in [7, 11) is 1.91. The third kappa shape index (κ3) is 2.67. The Labute approximate surface area is 93.0 Å². The van der Waals surface area contributed by atoms with Gasteiger partial charge >= 0.3 is 0 Å². The first-order chi connectivity index (χ1) is 7.25. The van der Waals surface area contributed by atoms with Crippen molar-refractivity contribution in [3.63, 3.8) is 0 Å². The molecular weight excluding hydrogens is 208 g/mol. The number of aliphatic hydroxyl groups excluding tert-OH is 1. The summed E-state index contributed by atoms with van der Waals surface area (Å²) in [4.78, 5) is 5.44. The van der Waals surface area contributed by atoms with Gasteiger partial charge in [-0.25, -0.2) is 4.98 Å². The van der Waals surface area contributed by atoms with E-state index in [1.165, 1.54) is 4.88 Å². The largest absolute Gasteiger partial charge is 0.387 e. The highest BCUT2D eigenvalue weighted by atomic mass is 32.1. The summed E-state index contributed by atoms with van der Waals surface area (Å²) in [5, 5.41) is 11.9. The van der Waals surface area contributed by atoms with Crippen LogP contribution in [0.1, 0.15) is 23.1 Å². The van der Waals surface area contributed by atoms with Crippen molar-refractivity contribution in [3.8, 4) is 0 Å². The molecule has 0 fully saturated rings. The van der Waals surface area contributed by atoms with Gasteiger partial charge in [-0.05, 0) is 24.3 Å². The number of aryl methyl sites for hydroxylation is 2. The lowest BCUT2D eigenvalue weighted by Crippen LogP contribution is -1.99. The van der Waals surface area contributed by atoms with Gasteiger partial charge in [-0.2, -0.15) is 0 Å². The topological polar surface area (TPSA) is 38.0 Å². The van der Waals surface area contributed by atoms with E-state index >= 15 is 0 Å². The number of thiophene rings is 1. The summed E-state index contributed by atoms with van der Waals surface area (Å²) < 4.78 is 1.85. The number of aliphatic hydroxyl groups is 1. The molecule has 2 rings (SSSR count). The van der Waals surface area contributed by atoms with Crippen molar-refractivity contribution in [1.82, 2.24) is 9.55 Å². The predicted octanol–water partition coefficient (Wildman–Crippen LogP) is 2.15. The first kappa shape index (κ1) is 10.4. The van der Waals surface area contributed by atoms with Gasteiger partial charge in [0.15, 0.2) is 0 Å². The molecule has 1 unspecified atom stereocenters. The van der Waals surface area contributed by atoms with Crippen molar-refractivity contribution in [2.45, 2.75) is 18.9 Å². The second kappa shape index (κ2) is 4.59. The molecule has 0 saturated carbocycles. The molecule has 1 atom stereocenters. The zero-order valence-electron chi connectivity index (χ0n) is 8.63. The van der Waals surface area contributed by atoms with Gasteiger partial charge in [0.25, 0.3) is 0 Å². The Hall–Kier alpha value is -1.13. The fourth-order valence-electron chi connectivity index (χ4n) is 1.49. The molecule has 0 aliphatic carbocycles. The van der Waals surface area contributed by atoms with Crippen LogP contribution in [0.15, 0.2) is 30.0 Å². The maximum absolute atomic E-state index is 9.86. The molecule has 0 bridgehead atoms. The summed E-state index contributed by atoms with van der Waals surface area (Å²) in [6.45, 7) is 0. The third-order valence-corrected chi connectivity index (χ3v) is 3.25. The van der Waals surface area contributed by atoms with Crippen LogP contribution >= 0.6 is 11.3 Å². The summed E-state index contributed by atoms with van der Waals surface area (Å²) in [6, 6.07) is 4.13. The summed E-state index contributed by atoms with van der Waals surface area (Å²) in [5.74, 6) is 0. The van der Waals surface area contributed by atoms with Gasteiger partial charge in [-0.3, -0.25) is 0 Å². The average Bonchev–Trinajstić information content (AvgIpc) is 2.84. The predicted molar refractivity (Wildman–Crippen MR) is 60.8 cm³/mol. The molecule has 15 heavy (non-hydrogen) atoms. The van der Waals surface area contributed by atoms with Crippen LogP contribution in [0.25, 0.3) is 0 Å². The molecule has 2 heterocycles. The standard InChI is InChI=1S/C11H14N2OS/c1-13-7-10(12-8-13)11(14)5-4-9-3-2-6-15-9/h2-3,6-8,11,14H,4-5H2,1H3. The van der Waals surface area contributed by atoms with Gasteiger partial charge in [0.1, 0.15) is 0 Å². The Morgan fingerprint density at radius 2 is 2.47 bits per heavy atom. The molecule has 3 nitrogen and oxygen atoms in total. The normalized spacial score (nSPS) is 12.9. The van der Waals surface area contributed by atoms with Gasteiger partial charge in [-0.1, -0.05) is 6.07 Å². The second-order valence-electron chi connectivity index (χ2n) is 3.60. The van der Waals surface area contributed by atoms with E-state index in [0.29, 0.717) is 0 Å². The lowest BCUT2D eigenvalue weighted by molar-refractivity contribution is 0.164. The van der Waals surface area contributed by atoms with E-state index < -0.39 is 6.10 Å². The van der Waals surface area contributed by atoms with E-state index in [9.17, 15) is 5.11 Å². The van der Waals surface area contributed by atoms with Crippen molar-refractivity contribution in [1.29, 1.82) is 0 Å². The summed E-state index contributed by atoms with van der Waals surface area (Å²) in [6.07, 6.45) is 4.77. The number of rotatable bonds is 4. The highest BCUT2D eigenvalue weighted by Crippen LogP contribution is 2.19. The van der Waals surface area contributed by atoms with Gasteiger partial charge in [0.2, 0.25) is 0 Å². The maximum atomic E-state index is 9.86. The fourth-order valence-corrected chi connectivity index (χ4v) is 2.21. The molecular formula is C11H14N2OS. The zero-order chi connectivity index (χ0) is 10.7. The minimum absolute atomic E-state index is 0.451. The Morgan fingerprint density at radius 3 is 3.07 bits per heavy atom. The van der Waals surface area contributed by atoms with Crippen molar-refractivity contribution < 1.29 is 5.11 Å². The van der Waals surface area contributed by atoms with Crippen molar-refractivity contribution in [2.24, 2.45) is 7.05 Å². The molecule has 0 radical (unpaired) electrons. The van der Waals surface area contributed by atoms with Crippen LogP contribution in [-0.4, -0.2) is 14.7 Å². The number of hydrogen-bond acceptors (Lipinski definition) is 3. The monoisotopic (exact) mass is 222 g/mol. The van der Waals surface area contributed by atoms with E-state index in [4.69, 9.17) is 0 Å². The highest BCUT2D eigenvalue weighted by molar-refractivity contribution is 7.09. The first-order valence-electron chi connectivity index (χ1n) is 4.94. The smallest absolute Gasteiger partial charge is 0.0978 e. The second-order valence-corrected chi connectivity index (χ2v) is 4.63. The Kier molecular flexibility index (Phi) is 3.18. The molecule has 2 aromatic rings. The lowest BCUT2D eigenvalue weighted by Gasteiger charge is -2.05. The van der Waals surface area contributed by atoms with Gasteiger partial charge in [-0.15, -0.1) is 11.3 Å². The molecule has 0 aliphatic rings. The Balaban J connectivity index is 1.90. The fraction of sp³-hybridized carbons (Fsp3) is 0.364. The van der Waals surface area contributed by atoms with Crippen molar-refractivity contribution >= 4 is 11.3 Å². The van der Waals surface area contributed by atoms with Crippen LogP contribution in [-0.2, 0) is 13.5 Å². The molecule has 4 heteroatoms. The number of nitrogens with zero attached hydrogens (tertiary/aromatic N) is 2. The minimum Gasteiger partial charge on any atom is -0.387 e. The minimum atomic E-state index is -0.451. The molecule has 0 spiro atoms. The summed E-state index contributed by atoms with van der Waals surface area (Å²) in [5.41, 5.74) is 0.758. The molecule has 0 aliphatic heterocycles. The van der Waals surface area contributed by atoms with E-state index in [0.717, 1.165) is 18.5 Å². The Bertz CT molecular complexity index is 408. The lowest BCUT2D eigenvalue weighted by atomic mass is 10.1. The van der Waals surface area contributed by atoms with E-state index in [1.807, 2.05) is 23.9 Å².